The Hall–Kier alpha value is -2.37. The van der Waals surface area contributed by atoms with Crippen LogP contribution in [0.1, 0.15) is 29.8 Å². The lowest BCUT2D eigenvalue weighted by Gasteiger charge is -2.09. The highest BCUT2D eigenvalue weighted by molar-refractivity contribution is 5.79. The van der Waals surface area contributed by atoms with Gasteiger partial charge in [-0.25, -0.2) is 4.99 Å². The van der Waals surface area contributed by atoms with Gasteiger partial charge in [0, 0.05) is 6.54 Å². The first kappa shape index (κ1) is 15.0. The molecule has 0 radical (unpaired) electrons. The Morgan fingerprint density at radius 3 is 2.57 bits per heavy atom. The Balaban J connectivity index is 1.93. The van der Waals surface area contributed by atoms with Crippen LogP contribution in [0.3, 0.4) is 0 Å². The number of aryl methyl sites for hydroxylation is 2. The largest absolute Gasteiger partial charge is 0.357 e. The number of aromatic nitrogens is 2. The first-order chi connectivity index (χ1) is 10.2. The Kier molecular flexibility index (Phi) is 5.31. The Bertz CT molecular complexity index is 588. The SMILES string of the molecule is CCNC(=NCc1ccc(C)cc1)NCc1nc(C)no1. The van der Waals surface area contributed by atoms with Crippen LogP contribution in [0, 0.1) is 13.8 Å². The predicted octanol–water partition coefficient (Wildman–Crippen LogP) is 1.94. The maximum Gasteiger partial charge on any atom is 0.246 e. The summed E-state index contributed by atoms with van der Waals surface area (Å²) in [6.45, 7) is 7.77. The summed E-state index contributed by atoms with van der Waals surface area (Å²) in [5.74, 6) is 1.91. The van der Waals surface area contributed by atoms with E-state index < -0.39 is 0 Å². The molecule has 0 atom stereocenters. The van der Waals surface area contributed by atoms with Gasteiger partial charge in [0.05, 0.1) is 13.1 Å². The van der Waals surface area contributed by atoms with E-state index in [1.165, 1.54) is 11.1 Å². The number of rotatable bonds is 5. The molecule has 0 saturated heterocycles. The lowest BCUT2D eigenvalue weighted by Crippen LogP contribution is -2.36. The lowest BCUT2D eigenvalue weighted by atomic mass is 10.1. The first-order valence-electron chi connectivity index (χ1n) is 7.04. The summed E-state index contributed by atoms with van der Waals surface area (Å²) < 4.78 is 5.06. The van der Waals surface area contributed by atoms with Crippen LogP contribution in [0.5, 0.6) is 0 Å². The molecule has 21 heavy (non-hydrogen) atoms. The van der Waals surface area contributed by atoms with Crippen molar-refractivity contribution in [3.8, 4) is 0 Å². The van der Waals surface area contributed by atoms with E-state index >= 15 is 0 Å². The quantitative estimate of drug-likeness (QED) is 0.649. The number of hydrogen-bond acceptors (Lipinski definition) is 4. The highest BCUT2D eigenvalue weighted by Crippen LogP contribution is 2.04. The second-order valence-corrected chi connectivity index (χ2v) is 4.77. The number of nitrogens with zero attached hydrogens (tertiary/aromatic N) is 3. The second kappa shape index (κ2) is 7.42. The van der Waals surface area contributed by atoms with Gasteiger partial charge < -0.3 is 15.2 Å². The lowest BCUT2D eigenvalue weighted by molar-refractivity contribution is 0.371. The van der Waals surface area contributed by atoms with Crippen LogP contribution in [0.4, 0.5) is 0 Å². The van der Waals surface area contributed by atoms with Crippen LogP contribution in [0.25, 0.3) is 0 Å². The van der Waals surface area contributed by atoms with Crippen molar-refractivity contribution in [2.45, 2.75) is 33.9 Å². The van der Waals surface area contributed by atoms with Crippen LogP contribution < -0.4 is 10.6 Å². The maximum absolute atomic E-state index is 5.06. The molecule has 0 amide bonds. The van der Waals surface area contributed by atoms with E-state index in [1.54, 1.807) is 6.92 Å². The van der Waals surface area contributed by atoms with E-state index in [2.05, 4.69) is 57.0 Å². The molecule has 0 unspecified atom stereocenters. The minimum Gasteiger partial charge on any atom is -0.357 e. The molecule has 6 nitrogen and oxygen atoms in total. The van der Waals surface area contributed by atoms with E-state index in [0.717, 1.165) is 12.5 Å². The van der Waals surface area contributed by atoms with Gasteiger partial charge in [0.1, 0.15) is 0 Å². The standard InChI is InChI=1S/C15H21N5O/c1-4-16-15(18-10-14-19-12(3)20-21-14)17-9-13-7-5-11(2)6-8-13/h5-8H,4,9-10H2,1-3H3,(H2,16,17,18). The van der Waals surface area contributed by atoms with Gasteiger partial charge >= 0.3 is 0 Å². The van der Waals surface area contributed by atoms with Gasteiger partial charge in [-0.1, -0.05) is 35.0 Å². The first-order valence-corrected chi connectivity index (χ1v) is 7.04. The van der Waals surface area contributed by atoms with Crippen LogP contribution in [0.15, 0.2) is 33.8 Å². The number of guanidine groups is 1. The van der Waals surface area contributed by atoms with Crippen LogP contribution in [0.2, 0.25) is 0 Å². The molecule has 0 aliphatic rings. The summed E-state index contributed by atoms with van der Waals surface area (Å²) in [4.78, 5) is 8.69. The summed E-state index contributed by atoms with van der Waals surface area (Å²) in [5, 5.41) is 10.1. The summed E-state index contributed by atoms with van der Waals surface area (Å²) in [6.07, 6.45) is 0. The number of nitrogens with one attached hydrogen (secondary N) is 2. The van der Waals surface area contributed by atoms with E-state index in [9.17, 15) is 0 Å². The minimum absolute atomic E-state index is 0.459. The fourth-order valence-corrected chi connectivity index (χ4v) is 1.78. The van der Waals surface area contributed by atoms with E-state index in [4.69, 9.17) is 4.52 Å². The Morgan fingerprint density at radius 1 is 1.19 bits per heavy atom. The highest BCUT2D eigenvalue weighted by Gasteiger charge is 2.04. The summed E-state index contributed by atoms with van der Waals surface area (Å²) in [7, 11) is 0. The third-order valence-corrected chi connectivity index (χ3v) is 2.86. The number of benzene rings is 1. The smallest absolute Gasteiger partial charge is 0.246 e. The zero-order valence-electron chi connectivity index (χ0n) is 12.7. The van der Waals surface area contributed by atoms with Crippen LogP contribution in [-0.2, 0) is 13.1 Å². The van der Waals surface area contributed by atoms with Crippen molar-refractivity contribution in [3.63, 3.8) is 0 Å². The van der Waals surface area contributed by atoms with Crippen LogP contribution >= 0.6 is 0 Å². The molecule has 2 N–H and O–H groups in total. The molecule has 0 aliphatic heterocycles. The minimum atomic E-state index is 0.459. The van der Waals surface area contributed by atoms with Crippen molar-refractivity contribution in [1.82, 2.24) is 20.8 Å². The average molecular weight is 287 g/mol. The molecule has 1 aromatic carbocycles. The molecule has 0 saturated carbocycles. The normalized spacial score (nSPS) is 11.5. The topological polar surface area (TPSA) is 75.3 Å². The predicted molar refractivity (Wildman–Crippen MR) is 81.9 cm³/mol. The Morgan fingerprint density at radius 2 is 1.95 bits per heavy atom. The van der Waals surface area contributed by atoms with Crippen molar-refractivity contribution in [2.75, 3.05) is 6.54 Å². The fourth-order valence-electron chi connectivity index (χ4n) is 1.78. The molecular formula is C15H21N5O. The van der Waals surface area contributed by atoms with E-state index in [-0.39, 0.29) is 0 Å². The highest BCUT2D eigenvalue weighted by atomic mass is 16.5. The molecular weight excluding hydrogens is 266 g/mol. The zero-order chi connectivity index (χ0) is 15.1. The fraction of sp³-hybridized carbons (Fsp3) is 0.400. The zero-order valence-corrected chi connectivity index (χ0v) is 12.7. The summed E-state index contributed by atoms with van der Waals surface area (Å²) in [5.41, 5.74) is 2.42. The van der Waals surface area contributed by atoms with E-state index in [0.29, 0.717) is 24.8 Å². The molecule has 0 spiro atoms. The van der Waals surface area contributed by atoms with Gasteiger partial charge in [0.15, 0.2) is 11.8 Å². The molecule has 112 valence electrons. The second-order valence-electron chi connectivity index (χ2n) is 4.77. The molecule has 0 fully saturated rings. The molecule has 0 aliphatic carbocycles. The van der Waals surface area contributed by atoms with Crippen molar-refractivity contribution in [2.24, 2.45) is 4.99 Å². The van der Waals surface area contributed by atoms with E-state index in [1.807, 2.05) is 6.92 Å². The number of hydrogen-bond donors (Lipinski definition) is 2. The molecule has 6 heteroatoms. The van der Waals surface area contributed by atoms with Crippen molar-refractivity contribution >= 4 is 5.96 Å². The van der Waals surface area contributed by atoms with Gasteiger partial charge in [0.2, 0.25) is 5.89 Å². The van der Waals surface area contributed by atoms with Gasteiger partial charge in [-0.15, -0.1) is 0 Å². The molecule has 1 aromatic heterocycles. The third-order valence-electron chi connectivity index (χ3n) is 2.86. The molecule has 2 aromatic rings. The molecule has 2 rings (SSSR count). The summed E-state index contributed by atoms with van der Waals surface area (Å²) >= 11 is 0. The van der Waals surface area contributed by atoms with Gasteiger partial charge in [0.25, 0.3) is 0 Å². The molecule has 1 heterocycles. The van der Waals surface area contributed by atoms with Crippen molar-refractivity contribution in [1.29, 1.82) is 0 Å². The summed E-state index contributed by atoms with van der Waals surface area (Å²) in [6, 6.07) is 8.35. The van der Waals surface area contributed by atoms with Crippen molar-refractivity contribution < 1.29 is 4.52 Å². The third kappa shape index (κ3) is 4.91. The van der Waals surface area contributed by atoms with Crippen molar-refractivity contribution in [3.05, 3.63) is 47.1 Å². The monoisotopic (exact) mass is 287 g/mol. The van der Waals surface area contributed by atoms with Gasteiger partial charge in [-0.3, -0.25) is 0 Å². The Labute approximate surface area is 124 Å². The maximum atomic E-state index is 5.06. The van der Waals surface area contributed by atoms with Gasteiger partial charge in [-0.05, 0) is 26.3 Å². The van der Waals surface area contributed by atoms with Gasteiger partial charge in [-0.2, -0.15) is 4.98 Å². The molecule has 0 bridgehead atoms. The van der Waals surface area contributed by atoms with Crippen LogP contribution in [-0.4, -0.2) is 22.6 Å². The average Bonchev–Trinajstić information content (AvgIpc) is 2.89. The number of aliphatic imine (C=N–C) groups is 1.